The molecule has 2 rings (SSSR count). The summed E-state index contributed by atoms with van der Waals surface area (Å²) in [6.07, 6.45) is 2.58. The molecule has 0 saturated carbocycles. The molecular weight excluding hydrogens is 274 g/mol. The van der Waals surface area contributed by atoms with Crippen LogP contribution >= 0.6 is 11.3 Å². The van der Waals surface area contributed by atoms with E-state index in [2.05, 4.69) is 34.3 Å². The van der Waals surface area contributed by atoms with Gasteiger partial charge in [-0.3, -0.25) is 4.79 Å². The molecule has 0 aromatic carbocycles. The topological polar surface area (TPSA) is 70.2 Å². The number of urea groups is 1. The molecule has 5 nitrogen and oxygen atoms in total. The number of carbonyl (C=O) groups excluding carboxylic acids is 2. The van der Waals surface area contributed by atoms with Gasteiger partial charge in [0.1, 0.15) is 6.04 Å². The lowest BCUT2D eigenvalue weighted by Crippen LogP contribution is -2.53. The summed E-state index contributed by atoms with van der Waals surface area (Å²) in [5.41, 5.74) is 0. The van der Waals surface area contributed by atoms with Crippen LogP contribution in [0.3, 0.4) is 0 Å². The molecule has 1 aromatic heterocycles. The summed E-state index contributed by atoms with van der Waals surface area (Å²) in [4.78, 5) is 24.6. The lowest BCUT2D eigenvalue weighted by Gasteiger charge is -2.23. The smallest absolute Gasteiger partial charge is 0.315 e. The van der Waals surface area contributed by atoms with E-state index in [9.17, 15) is 9.59 Å². The lowest BCUT2D eigenvalue weighted by molar-refractivity contribution is -0.124. The molecule has 2 heterocycles. The molecule has 3 amide bonds. The van der Waals surface area contributed by atoms with Gasteiger partial charge in [-0.1, -0.05) is 13.0 Å². The van der Waals surface area contributed by atoms with Crippen molar-refractivity contribution < 1.29 is 9.59 Å². The molecule has 0 aliphatic carbocycles. The fraction of sp³-hybridized carbons (Fsp3) is 0.571. The predicted octanol–water partition coefficient (Wildman–Crippen LogP) is 1.50. The third kappa shape index (κ3) is 4.52. The molecule has 0 unspecified atom stereocenters. The number of hydrogen-bond donors (Lipinski definition) is 3. The molecule has 20 heavy (non-hydrogen) atoms. The van der Waals surface area contributed by atoms with Gasteiger partial charge in [-0.05, 0) is 36.6 Å². The molecule has 1 aliphatic rings. The zero-order valence-electron chi connectivity index (χ0n) is 11.6. The zero-order valence-corrected chi connectivity index (χ0v) is 12.5. The van der Waals surface area contributed by atoms with Crippen molar-refractivity contribution in [3.8, 4) is 0 Å². The zero-order chi connectivity index (χ0) is 14.4. The highest BCUT2D eigenvalue weighted by Gasteiger charge is 2.23. The first-order valence-corrected chi connectivity index (χ1v) is 7.87. The molecule has 0 bridgehead atoms. The first kappa shape index (κ1) is 14.8. The molecule has 1 fully saturated rings. The van der Waals surface area contributed by atoms with Crippen molar-refractivity contribution in [3.05, 3.63) is 22.4 Å². The Labute approximate surface area is 123 Å². The van der Waals surface area contributed by atoms with Crippen molar-refractivity contribution in [2.24, 2.45) is 5.92 Å². The SMILES string of the molecule is C[C@H](CNC(=O)N[C@@H]1CCCNC1=O)Cc1cccs1. The van der Waals surface area contributed by atoms with Crippen molar-refractivity contribution in [1.29, 1.82) is 0 Å². The summed E-state index contributed by atoms with van der Waals surface area (Å²) >= 11 is 1.73. The Morgan fingerprint density at radius 1 is 1.60 bits per heavy atom. The highest BCUT2D eigenvalue weighted by molar-refractivity contribution is 7.09. The van der Waals surface area contributed by atoms with Crippen LogP contribution in [0.4, 0.5) is 4.79 Å². The number of thiophene rings is 1. The highest BCUT2D eigenvalue weighted by atomic mass is 32.1. The maximum Gasteiger partial charge on any atom is 0.315 e. The van der Waals surface area contributed by atoms with Crippen LogP contribution in [0.1, 0.15) is 24.6 Å². The first-order chi connectivity index (χ1) is 9.65. The van der Waals surface area contributed by atoms with Gasteiger partial charge in [0.05, 0.1) is 0 Å². The summed E-state index contributed by atoms with van der Waals surface area (Å²) in [6, 6.07) is 3.49. The van der Waals surface area contributed by atoms with Crippen LogP contribution in [-0.2, 0) is 11.2 Å². The van der Waals surface area contributed by atoms with Crippen molar-refractivity contribution in [2.45, 2.75) is 32.2 Å². The van der Waals surface area contributed by atoms with E-state index in [1.807, 2.05) is 6.07 Å². The number of nitrogens with one attached hydrogen (secondary N) is 3. The van der Waals surface area contributed by atoms with E-state index in [1.165, 1.54) is 4.88 Å². The second kappa shape index (κ2) is 7.28. The highest BCUT2D eigenvalue weighted by Crippen LogP contribution is 2.13. The van der Waals surface area contributed by atoms with Gasteiger partial charge < -0.3 is 16.0 Å². The fourth-order valence-corrected chi connectivity index (χ4v) is 3.10. The average molecular weight is 295 g/mol. The normalized spacial score (nSPS) is 20.1. The van der Waals surface area contributed by atoms with Gasteiger partial charge in [0.15, 0.2) is 0 Å². The van der Waals surface area contributed by atoms with Crippen LogP contribution in [0.15, 0.2) is 17.5 Å². The molecular formula is C14H21N3O2S. The molecule has 1 saturated heterocycles. The van der Waals surface area contributed by atoms with Crippen LogP contribution in [0, 0.1) is 5.92 Å². The lowest BCUT2D eigenvalue weighted by atomic mass is 10.1. The number of amides is 3. The van der Waals surface area contributed by atoms with Gasteiger partial charge >= 0.3 is 6.03 Å². The minimum Gasteiger partial charge on any atom is -0.354 e. The number of carbonyl (C=O) groups is 2. The summed E-state index contributed by atoms with van der Waals surface area (Å²) in [5, 5.41) is 10.4. The molecule has 0 spiro atoms. The van der Waals surface area contributed by atoms with E-state index in [4.69, 9.17) is 0 Å². The van der Waals surface area contributed by atoms with Crippen LogP contribution < -0.4 is 16.0 Å². The second-order valence-corrected chi connectivity index (χ2v) is 6.26. The third-order valence-electron chi connectivity index (χ3n) is 3.33. The van der Waals surface area contributed by atoms with Crippen LogP contribution in [-0.4, -0.2) is 31.1 Å². The number of piperidine rings is 1. The Morgan fingerprint density at radius 3 is 3.15 bits per heavy atom. The maximum atomic E-state index is 11.8. The van der Waals surface area contributed by atoms with E-state index >= 15 is 0 Å². The Hall–Kier alpha value is -1.56. The van der Waals surface area contributed by atoms with Crippen LogP contribution in [0.25, 0.3) is 0 Å². The molecule has 2 atom stereocenters. The van der Waals surface area contributed by atoms with Crippen molar-refractivity contribution in [2.75, 3.05) is 13.1 Å². The van der Waals surface area contributed by atoms with Crippen LogP contribution in [0.5, 0.6) is 0 Å². The minimum absolute atomic E-state index is 0.0852. The monoisotopic (exact) mass is 295 g/mol. The van der Waals surface area contributed by atoms with Crippen molar-refractivity contribution in [3.63, 3.8) is 0 Å². The third-order valence-corrected chi connectivity index (χ3v) is 4.23. The van der Waals surface area contributed by atoms with E-state index in [0.717, 1.165) is 12.8 Å². The first-order valence-electron chi connectivity index (χ1n) is 6.99. The Morgan fingerprint density at radius 2 is 2.45 bits per heavy atom. The van der Waals surface area contributed by atoms with Crippen molar-refractivity contribution in [1.82, 2.24) is 16.0 Å². The molecule has 110 valence electrons. The van der Waals surface area contributed by atoms with E-state index in [-0.39, 0.29) is 11.9 Å². The summed E-state index contributed by atoms with van der Waals surface area (Å²) in [6.45, 7) is 3.42. The van der Waals surface area contributed by atoms with Crippen molar-refractivity contribution >= 4 is 23.3 Å². The molecule has 6 heteroatoms. The molecule has 0 radical (unpaired) electrons. The summed E-state index contributed by atoms with van der Waals surface area (Å²) in [7, 11) is 0. The van der Waals surface area contributed by atoms with Gasteiger partial charge in [-0.15, -0.1) is 11.3 Å². The summed E-state index contributed by atoms with van der Waals surface area (Å²) in [5.74, 6) is 0.289. The second-order valence-electron chi connectivity index (χ2n) is 5.23. The molecule has 3 N–H and O–H groups in total. The fourth-order valence-electron chi connectivity index (χ4n) is 2.23. The quantitative estimate of drug-likeness (QED) is 0.770. The number of rotatable bonds is 5. The molecule has 1 aliphatic heterocycles. The molecule has 1 aromatic rings. The van der Waals surface area contributed by atoms with Crippen LogP contribution in [0.2, 0.25) is 0 Å². The Bertz CT molecular complexity index is 447. The van der Waals surface area contributed by atoms with Gasteiger partial charge in [-0.2, -0.15) is 0 Å². The number of hydrogen-bond acceptors (Lipinski definition) is 3. The van der Waals surface area contributed by atoms with E-state index in [0.29, 0.717) is 25.4 Å². The van der Waals surface area contributed by atoms with E-state index in [1.54, 1.807) is 11.3 Å². The standard InChI is InChI=1S/C14H21N3O2S/c1-10(8-11-4-3-7-20-11)9-16-14(19)17-12-5-2-6-15-13(12)18/h3-4,7,10,12H,2,5-6,8-9H2,1H3,(H,15,18)(H2,16,17,19)/t10-,12+/m0/s1. The largest absolute Gasteiger partial charge is 0.354 e. The predicted molar refractivity (Wildman–Crippen MR) is 79.8 cm³/mol. The minimum atomic E-state index is -0.392. The Balaban J connectivity index is 1.67. The van der Waals surface area contributed by atoms with Gasteiger partial charge in [0.25, 0.3) is 0 Å². The van der Waals surface area contributed by atoms with Gasteiger partial charge in [0.2, 0.25) is 5.91 Å². The van der Waals surface area contributed by atoms with Gasteiger partial charge in [-0.25, -0.2) is 4.79 Å². The van der Waals surface area contributed by atoms with Gasteiger partial charge in [0, 0.05) is 18.0 Å². The summed E-state index contributed by atoms with van der Waals surface area (Å²) < 4.78 is 0. The maximum absolute atomic E-state index is 11.8. The van der Waals surface area contributed by atoms with E-state index < -0.39 is 6.04 Å². The average Bonchev–Trinajstić information content (AvgIpc) is 2.92. The Kier molecular flexibility index (Phi) is 5.40.